The van der Waals surface area contributed by atoms with E-state index in [0.717, 1.165) is 0 Å². The van der Waals surface area contributed by atoms with E-state index in [2.05, 4.69) is 36.1 Å². The Morgan fingerprint density at radius 1 is 1.18 bits per heavy atom. The number of rotatable bonds is 1. The standard InChI is InChI=1S/C10H13N/c1-9-5-2-3-6-10(9)11-7-4-8-11/h2-3,5-6H,4,7-8H2,1H3. The van der Waals surface area contributed by atoms with Gasteiger partial charge in [0, 0.05) is 18.8 Å². The van der Waals surface area contributed by atoms with Crippen LogP contribution >= 0.6 is 0 Å². The maximum absolute atomic E-state index is 2.43. The predicted molar refractivity (Wildman–Crippen MR) is 48.0 cm³/mol. The summed E-state index contributed by atoms with van der Waals surface area (Å²) in [5, 5.41) is 0. The van der Waals surface area contributed by atoms with Crippen LogP contribution in [0.3, 0.4) is 0 Å². The molecule has 1 saturated heterocycles. The average molecular weight is 147 g/mol. The molecule has 0 unspecified atom stereocenters. The Morgan fingerprint density at radius 3 is 2.45 bits per heavy atom. The van der Waals surface area contributed by atoms with Crippen molar-refractivity contribution in [3.63, 3.8) is 0 Å². The first-order chi connectivity index (χ1) is 5.38. The van der Waals surface area contributed by atoms with Crippen LogP contribution in [0.4, 0.5) is 5.69 Å². The van der Waals surface area contributed by atoms with E-state index in [1.54, 1.807) is 0 Å². The summed E-state index contributed by atoms with van der Waals surface area (Å²) < 4.78 is 0. The second-order valence-electron chi connectivity index (χ2n) is 3.13. The number of hydrogen-bond donors (Lipinski definition) is 0. The molecule has 1 aliphatic heterocycles. The first kappa shape index (κ1) is 6.71. The van der Waals surface area contributed by atoms with E-state index in [4.69, 9.17) is 0 Å². The van der Waals surface area contributed by atoms with Crippen molar-refractivity contribution < 1.29 is 0 Å². The van der Waals surface area contributed by atoms with Crippen molar-refractivity contribution in [3.05, 3.63) is 29.8 Å². The lowest BCUT2D eigenvalue weighted by Gasteiger charge is -2.34. The Bertz CT molecular complexity index is 251. The van der Waals surface area contributed by atoms with Gasteiger partial charge in [-0.3, -0.25) is 0 Å². The maximum atomic E-state index is 2.43. The van der Waals surface area contributed by atoms with Crippen molar-refractivity contribution in [2.45, 2.75) is 13.3 Å². The third-order valence-corrected chi connectivity index (χ3v) is 2.31. The van der Waals surface area contributed by atoms with Crippen LogP contribution in [0.1, 0.15) is 12.0 Å². The van der Waals surface area contributed by atoms with Crippen molar-refractivity contribution in [3.8, 4) is 0 Å². The van der Waals surface area contributed by atoms with Crippen LogP contribution in [0.5, 0.6) is 0 Å². The minimum atomic E-state index is 1.24. The van der Waals surface area contributed by atoms with E-state index in [0.29, 0.717) is 0 Å². The molecule has 0 atom stereocenters. The fourth-order valence-corrected chi connectivity index (χ4v) is 1.48. The van der Waals surface area contributed by atoms with Crippen molar-refractivity contribution in [2.24, 2.45) is 0 Å². The maximum Gasteiger partial charge on any atom is 0.0395 e. The molecule has 0 radical (unpaired) electrons. The Morgan fingerprint density at radius 2 is 1.91 bits per heavy atom. The summed E-state index contributed by atoms with van der Waals surface area (Å²) >= 11 is 0. The van der Waals surface area contributed by atoms with Crippen molar-refractivity contribution >= 4 is 5.69 Å². The lowest BCUT2D eigenvalue weighted by Crippen LogP contribution is -2.37. The zero-order valence-corrected chi connectivity index (χ0v) is 6.88. The Balaban J connectivity index is 2.28. The largest absolute Gasteiger partial charge is 0.371 e. The lowest BCUT2D eigenvalue weighted by atomic mass is 10.1. The molecule has 1 aliphatic rings. The summed E-state index contributed by atoms with van der Waals surface area (Å²) in [5.74, 6) is 0. The van der Waals surface area contributed by atoms with Crippen LogP contribution in [-0.4, -0.2) is 13.1 Å². The molecule has 0 aliphatic carbocycles. The molecule has 1 aromatic carbocycles. The monoisotopic (exact) mass is 147 g/mol. The third kappa shape index (κ3) is 1.11. The highest BCUT2D eigenvalue weighted by Gasteiger charge is 2.14. The number of aryl methyl sites for hydroxylation is 1. The van der Waals surface area contributed by atoms with Gasteiger partial charge >= 0.3 is 0 Å². The number of para-hydroxylation sites is 1. The van der Waals surface area contributed by atoms with Gasteiger partial charge in [0.25, 0.3) is 0 Å². The van der Waals surface area contributed by atoms with Crippen LogP contribution in [0.15, 0.2) is 24.3 Å². The Labute approximate surface area is 67.6 Å². The highest BCUT2D eigenvalue weighted by atomic mass is 15.2. The van der Waals surface area contributed by atoms with E-state index in [1.807, 2.05) is 0 Å². The first-order valence-electron chi connectivity index (χ1n) is 4.18. The zero-order chi connectivity index (χ0) is 7.68. The summed E-state index contributed by atoms with van der Waals surface area (Å²) in [7, 11) is 0. The van der Waals surface area contributed by atoms with Crippen LogP contribution in [0.2, 0.25) is 0 Å². The number of anilines is 1. The molecule has 11 heavy (non-hydrogen) atoms. The second kappa shape index (κ2) is 2.57. The van der Waals surface area contributed by atoms with E-state index >= 15 is 0 Å². The number of benzene rings is 1. The van der Waals surface area contributed by atoms with Crippen LogP contribution < -0.4 is 4.90 Å². The molecular weight excluding hydrogens is 134 g/mol. The summed E-state index contributed by atoms with van der Waals surface area (Å²) in [6.45, 7) is 4.66. The van der Waals surface area contributed by atoms with Gasteiger partial charge in [-0.2, -0.15) is 0 Å². The fourth-order valence-electron chi connectivity index (χ4n) is 1.48. The third-order valence-electron chi connectivity index (χ3n) is 2.31. The molecule has 0 N–H and O–H groups in total. The molecule has 0 amide bonds. The van der Waals surface area contributed by atoms with Gasteiger partial charge in [-0.1, -0.05) is 18.2 Å². The average Bonchev–Trinajstić information content (AvgIpc) is 1.90. The lowest BCUT2D eigenvalue weighted by molar-refractivity contribution is 0.616. The van der Waals surface area contributed by atoms with Gasteiger partial charge in [0.1, 0.15) is 0 Å². The predicted octanol–water partition coefficient (Wildman–Crippen LogP) is 2.21. The molecule has 58 valence electrons. The summed E-state index contributed by atoms with van der Waals surface area (Å²) in [6, 6.07) is 8.58. The normalized spacial score (nSPS) is 16.3. The molecule has 1 fully saturated rings. The molecule has 0 saturated carbocycles. The topological polar surface area (TPSA) is 3.24 Å². The molecule has 1 aromatic rings. The molecule has 2 rings (SSSR count). The molecular formula is C10H13N. The first-order valence-corrected chi connectivity index (χ1v) is 4.18. The summed E-state index contributed by atoms with van der Waals surface area (Å²) in [4.78, 5) is 2.43. The zero-order valence-electron chi connectivity index (χ0n) is 6.88. The summed E-state index contributed by atoms with van der Waals surface area (Å²) in [5.41, 5.74) is 2.81. The molecule has 1 nitrogen and oxygen atoms in total. The smallest absolute Gasteiger partial charge is 0.0395 e. The van der Waals surface area contributed by atoms with Gasteiger partial charge in [-0.15, -0.1) is 0 Å². The van der Waals surface area contributed by atoms with E-state index in [1.165, 1.54) is 30.8 Å². The Kier molecular flexibility index (Phi) is 1.57. The SMILES string of the molecule is Cc1ccccc1N1CCC1. The van der Waals surface area contributed by atoms with Gasteiger partial charge in [-0.05, 0) is 25.0 Å². The minimum Gasteiger partial charge on any atom is -0.371 e. The number of hydrogen-bond acceptors (Lipinski definition) is 1. The fraction of sp³-hybridized carbons (Fsp3) is 0.400. The van der Waals surface area contributed by atoms with Gasteiger partial charge in [0.15, 0.2) is 0 Å². The minimum absolute atomic E-state index is 1.24. The quantitative estimate of drug-likeness (QED) is 0.588. The highest BCUT2D eigenvalue weighted by molar-refractivity contribution is 5.54. The van der Waals surface area contributed by atoms with Gasteiger partial charge < -0.3 is 4.90 Å². The van der Waals surface area contributed by atoms with E-state index < -0.39 is 0 Å². The van der Waals surface area contributed by atoms with Gasteiger partial charge in [0.2, 0.25) is 0 Å². The second-order valence-corrected chi connectivity index (χ2v) is 3.13. The highest BCUT2D eigenvalue weighted by Crippen LogP contribution is 2.23. The molecule has 1 heterocycles. The van der Waals surface area contributed by atoms with Gasteiger partial charge in [0.05, 0.1) is 0 Å². The number of nitrogens with zero attached hydrogens (tertiary/aromatic N) is 1. The Hall–Kier alpha value is -0.980. The molecule has 1 heteroatoms. The summed E-state index contributed by atoms with van der Waals surface area (Å²) in [6.07, 6.45) is 1.36. The van der Waals surface area contributed by atoms with Crippen molar-refractivity contribution in [1.82, 2.24) is 0 Å². The van der Waals surface area contributed by atoms with Crippen molar-refractivity contribution in [1.29, 1.82) is 0 Å². The van der Waals surface area contributed by atoms with Gasteiger partial charge in [-0.25, -0.2) is 0 Å². The van der Waals surface area contributed by atoms with Crippen LogP contribution in [0.25, 0.3) is 0 Å². The van der Waals surface area contributed by atoms with E-state index in [-0.39, 0.29) is 0 Å². The molecule has 0 bridgehead atoms. The van der Waals surface area contributed by atoms with Crippen LogP contribution in [0, 0.1) is 6.92 Å². The molecule has 0 aromatic heterocycles. The van der Waals surface area contributed by atoms with Crippen LogP contribution in [-0.2, 0) is 0 Å². The van der Waals surface area contributed by atoms with Crippen molar-refractivity contribution in [2.75, 3.05) is 18.0 Å². The molecule has 0 spiro atoms. The van der Waals surface area contributed by atoms with E-state index in [9.17, 15) is 0 Å².